The van der Waals surface area contributed by atoms with Crippen molar-refractivity contribution < 1.29 is 9.59 Å². The summed E-state index contributed by atoms with van der Waals surface area (Å²) in [7, 11) is 1.79. The quantitative estimate of drug-likeness (QED) is 0.621. The van der Waals surface area contributed by atoms with Crippen molar-refractivity contribution in [2.24, 2.45) is 0 Å². The second kappa shape index (κ2) is 3.38. The van der Waals surface area contributed by atoms with Gasteiger partial charge in [-0.15, -0.1) is 0 Å². The number of nitrogens with zero attached hydrogens (tertiary/aromatic N) is 2. The fraction of sp³-hybridized carbons (Fsp3) is 0.154. The molecule has 0 amide bonds. The molecule has 0 spiro atoms. The van der Waals surface area contributed by atoms with Crippen LogP contribution < -0.4 is 0 Å². The van der Waals surface area contributed by atoms with E-state index in [-0.39, 0.29) is 5.69 Å². The molecule has 0 aromatic carbocycles. The number of aromatic nitrogens is 1. The molecule has 0 fully saturated rings. The van der Waals surface area contributed by atoms with Gasteiger partial charge in [0.15, 0.2) is 0 Å². The third-order valence-electron chi connectivity index (χ3n) is 3.10. The van der Waals surface area contributed by atoms with Crippen molar-refractivity contribution in [2.45, 2.75) is 6.04 Å². The summed E-state index contributed by atoms with van der Waals surface area (Å²) in [6.45, 7) is 0. The van der Waals surface area contributed by atoms with Crippen molar-refractivity contribution in [3.63, 3.8) is 0 Å². The van der Waals surface area contributed by atoms with Crippen LogP contribution >= 0.6 is 0 Å². The van der Waals surface area contributed by atoms with E-state index in [1.807, 2.05) is 18.2 Å². The van der Waals surface area contributed by atoms with Gasteiger partial charge in [0.2, 0.25) is 11.6 Å². The molecule has 1 unspecified atom stereocenters. The van der Waals surface area contributed by atoms with Crippen LogP contribution in [0, 0.1) is 0 Å². The van der Waals surface area contributed by atoms with Crippen LogP contribution in [0.1, 0.15) is 16.1 Å². The average Bonchev–Trinajstić information content (AvgIpc) is 2.36. The molecule has 0 radical (unpaired) electrons. The molecule has 1 atom stereocenters. The minimum atomic E-state index is -0.496. The zero-order valence-electron chi connectivity index (χ0n) is 9.25. The standard InChI is InChI=1S/C13H10N2O2/c1-15-7-3-5-9-8-4-2-6-14-10(8)12(16)13(17)11(9)15/h2-7,11H,1H3. The van der Waals surface area contributed by atoms with Gasteiger partial charge >= 0.3 is 0 Å². The van der Waals surface area contributed by atoms with Gasteiger partial charge in [-0.1, -0.05) is 12.1 Å². The lowest BCUT2D eigenvalue weighted by molar-refractivity contribution is -0.117. The SMILES string of the molecule is CN1C=CC=C2c3cccnc3C(=O)C(=O)C21. The van der Waals surface area contributed by atoms with Crippen LogP contribution in [0.4, 0.5) is 0 Å². The number of carbonyl (C=O) groups is 2. The monoisotopic (exact) mass is 226 g/mol. The van der Waals surface area contributed by atoms with Gasteiger partial charge in [0.05, 0.1) is 0 Å². The zero-order valence-corrected chi connectivity index (χ0v) is 9.25. The first-order valence-electron chi connectivity index (χ1n) is 5.34. The van der Waals surface area contributed by atoms with Crippen LogP contribution in [0.5, 0.6) is 0 Å². The number of Topliss-reactive ketones (excluding diaryl/α,β-unsaturated/α-hetero) is 2. The van der Waals surface area contributed by atoms with E-state index in [4.69, 9.17) is 0 Å². The van der Waals surface area contributed by atoms with E-state index in [2.05, 4.69) is 4.98 Å². The third-order valence-corrected chi connectivity index (χ3v) is 3.10. The van der Waals surface area contributed by atoms with Crippen molar-refractivity contribution in [1.82, 2.24) is 9.88 Å². The van der Waals surface area contributed by atoms with Gasteiger partial charge in [-0.05, 0) is 23.9 Å². The number of hydrogen-bond donors (Lipinski definition) is 0. The molecule has 0 saturated heterocycles. The maximum absolute atomic E-state index is 12.0. The molecule has 1 aromatic rings. The predicted molar refractivity (Wildman–Crippen MR) is 62.2 cm³/mol. The van der Waals surface area contributed by atoms with Crippen molar-refractivity contribution in [3.8, 4) is 0 Å². The molecule has 4 nitrogen and oxygen atoms in total. The Bertz CT molecular complexity index is 587. The maximum atomic E-state index is 12.0. The number of ketones is 2. The molecule has 17 heavy (non-hydrogen) atoms. The highest BCUT2D eigenvalue weighted by molar-refractivity contribution is 6.49. The van der Waals surface area contributed by atoms with E-state index in [1.54, 1.807) is 24.2 Å². The Hall–Kier alpha value is -2.23. The van der Waals surface area contributed by atoms with E-state index in [0.717, 1.165) is 11.1 Å². The molecule has 2 heterocycles. The van der Waals surface area contributed by atoms with E-state index in [1.165, 1.54) is 6.20 Å². The topological polar surface area (TPSA) is 50.3 Å². The Kier molecular flexibility index (Phi) is 1.98. The molecule has 1 aromatic heterocycles. The first kappa shape index (κ1) is 9.96. The van der Waals surface area contributed by atoms with E-state index in [0.29, 0.717) is 0 Å². The first-order chi connectivity index (χ1) is 8.20. The summed E-state index contributed by atoms with van der Waals surface area (Å²) in [4.78, 5) is 29.7. The van der Waals surface area contributed by atoms with E-state index >= 15 is 0 Å². The molecule has 4 heteroatoms. The first-order valence-corrected chi connectivity index (χ1v) is 5.34. The Morgan fingerprint density at radius 1 is 1.35 bits per heavy atom. The highest BCUT2D eigenvalue weighted by atomic mass is 16.2. The summed E-state index contributed by atoms with van der Waals surface area (Å²) >= 11 is 0. The van der Waals surface area contributed by atoms with Crippen LogP contribution in [0.25, 0.3) is 5.57 Å². The van der Waals surface area contributed by atoms with Gasteiger partial charge < -0.3 is 4.90 Å². The summed E-state index contributed by atoms with van der Waals surface area (Å²) in [6.07, 6.45) is 7.06. The molecule has 84 valence electrons. The minimum Gasteiger partial charge on any atom is -0.366 e. The number of allylic oxidation sites excluding steroid dienone is 2. The lowest BCUT2D eigenvalue weighted by Gasteiger charge is -2.33. The second-order valence-electron chi connectivity index (χ2n) is 4.12. The van der Waals surface area contributed by atoms with Gasteiger partial charge in [-0.25, -0.2) is 0 Å². The number of likely N-dealkylation sites (N-methyl/N-ethyl adjacent to an activating group) is 1. The molecule has 1 aliphatic heterocycles. The number of carbonyl (C=O) groups excluding carboxylic acids is 2. The Morgan fingerprint density at radius 3 is 3.00 bits per heavy atom. The average molecular weight is 226 g/mol. The Morgan fingerprint density at radius 2 is 2.18 bits per heavy atom. The molecule has 1 aliphatic carbocycles. The Labute approximate surface area is 98.3 Å². The summed E-state index contributed by atoms with van der Waals surface area (Å²) < 4.78 is 0. The summed E-state index contributed by atoms with van der Waals surface area (Å²) in [5.41, 5.74) is 1.88. The largest absolute Gasteiger partial charge is 0.366 e. The van der Waals surface area contributed by atoms with E-state index < -0.39 is 17.6 Å². The van der Waals surface area contributed by atoms with Gasteiger partial charge in [0.25, 0.3) is 0 Å². The molecule has 2 aliphatic rings. The van der Waals surface area contributed by atoms with Crippen molar-refractivity contribution in [3.05, 3.63) is 47.9 Å². The van der Waals surface area contributed by atoms with Crippen LogP contribution in [-0.2, 0) is 4.79 Å². The number of fused-ring (bicyclic) bond motifs is 3. The summed E-state index contributed by atoms with van der Waals surface area (Å²) in [6, 6.07) is 3.11. The van der Waals surface area contributed by atoms with Crippen LogP contribution in [0.2, 0.25) is 0 Å². The fourth-order valence-corrected chi connectivity index (χ4v) is 2.30. The molecule has 3 rings (SSSR count). The van der Waals surface area contributed by atoms with Crippen LogP contribution in [0.3, 0.4) is 0 Å². The highest BCUT2D eigenvalue weighted by Crippen LogP contribution is 2.32. The van der Waals surface area contributed by atoms with Crippen molar-refractivity contribution in [1.29, 1.82) is 0 Å². The summed E-state index contributed by atoms with van der Waals surface area (Å²) in [5.74, 6) is -0.904. The maximum Gasteiger partial charge on any atom is 0.250 e. The van der Waals surface area contributed by atoms with Gasteiger partial charge in [0.1, 0.15) is 11.7 Å². The lowest BCUT2D eigenvalue weighted by atomic mass is 9.83. The predicted octanol–water partition coefficient (Wildman–Crippen LogP) is 1.06. The number of hydrogen-bond acceptors (Lipinski definition) is 4. The smallest absolute Gasteiger partial charge is 0.250 e. The number of pyridine rings is 1. The summed E-state index contributed by atoms with van der Waals surface area (Å²) in [5, 5.41) is 0. The van der Waals surface area contributed by atoms with Gasteiger partial charge in [-0.3, -0.25) is 14.6 Å². The minimum absolute atomic E-state index is 0.267. The second-order valence-corrected chi connectivity index (χ2v) is 4.12. The molecule has 0 N–H and O–H groups in total. The van der Waals surface area contributed by atoms with E-state index in [9.17, 15) is 9.59 Å². The van der Waals surface area contributed by atoms with Gasteiger partial charge in [0, 0.05) is 18.8 Å². The van der Waals surface area contributed by atoms with Crippen LogP contribution in [-0.4, -0.2) is 34.5 Å². The molecule has 0 bridgehead atoms. The third kappa shape index (κ3) is 1.27. The Balaban J connectivity index is 2.28. The molecular weight excluding hydrogens is 216 g/mol. The normalized spacial score (nSPS) is 22.1. The number of rotatable bonds is 0. The van der Waals surface area contributed by atoms with Crippen LogP contribution in [0.15, 0.2) is 36.7 Å². The molecule has 0 saturated carbocycles. The van der Waals surface area contributed by atoms with Crippen molar-refractivity contribution >= 4 is 17.1 Å². The van der Waals surface area contributed by atoms with Gasteiger partial charge in [-0.2, -0.15) is 0 Å². The zero-order chi connectivity index (χ0) is 12.0. The highest BCUT2D eigenvalue weighted by Gasteiger charge is 2.40. The molecular formula is C13H10N2O2. The fourth-order valence-electron chi connectivity index (χ4n) is 2.30. The van der Waals surface area contributed by atoms with Crippen molar-refractivity contribution in [2.75, 3.05) is 7.05 Å². The lowest BCUT2D eigenvalue weighted by Crippen LogP contribution is -2.45.